The first-order valence-corrected chi connectivity index (χ1v) is 11.0. The fourth-order valence-corrected chi connectivity index (χ4v) is 3.09. The largest absolute Gasteiger partial charge is 0.493 e. The average Bonchev–Trinajstić information content (AvgIpc) is 2.82. The molecule has 3 aromatic carbocycles. The van der Waals surface area contributed by atoms with E-state index in [1.807, 2.05) is 36.4 Å². The van der Waals surface area contributed by atoms with Crippen LogP contribution in [0.4, 0.5) is 10.5 Å². The van der Waals surface area contributed by atoms with E-state index in [1.54, 1.807) is 31.4 Å². The Morgan fingerprint density at radius 3 is 2.29 bits per heavy atom. The lowest BCUT2D eigenvalue weighted by Gasteiger charge is -2.19. The van der Waals surface area contributed by atoms with E-state index in [0.717, 1.165) is 11.3 Å². The zero-order chi connectivity index (χ0) is 24.4. The van der Waals surface area contributed by atoms with Crippen LogP contribution in [0.1, 0.15) is 31.9 Å². The number of hydrogen-bond acceptors (Lipinski definition) is 5. The van der Waals surface area contributed by atoms with Crippen molar-refractivity contribution < 1.29 is 19.0 Å². The molecule has 0 saturated carbocycles. The highest BCUT2D eigenvalue weighted by Crippen LogP contribution is 2.28. The summed E-state index contributed by atoms with van der Waals surface area (Å²) < 4.78 is 17.0. The number of hydrogen-bond donors (Lipinski definition) is 2. The lowest BCUT2D eigenvalue weighted by molar-refractivity contribution is 0.211. The Morgan fingerprint density at radius 1 is 0.912 bits per heavy atom. The minimum absolute atomic E-state index is 0.111. The molecular weight excluding hydrogens is 430 g/mol. The summed E-state index contributed by atoms with van der Waals surface area (Å²) in [5.41, 5.74) is 5.24. The first-order chi connectivity index (χ1) is 16.3. The van der Waals surface area contributed by atoms with Crippen molar-refractivity contribution in [1.82, 2.24) is 5.43 Å². The maximum Gasteiger partial charge on any atom is 0.339 e. The molecule has 7 heteroatoms. The summed E-state index contributed by atoms with van der Waals surface area (Å²) in [6.07, 6.45) is 1.53. The first kappa shape index (κ1) is 24.6. The zero-order valence-electron chi connectivity index (χ0n) is 20.0. The van der Waals surface area contributed by atoms with Gasteiger partial charge >= 0.3 is 6.03 Å². The quantitative estimate of drug-likeness (QED) is 0.247. The Bertz CT molecular complexity index is 1090. The molecule has 0 unspecified atom stereocenters. The minimum Gasteiger partial charge on any atom is -0.493 e. The van der Waals surface area contributed by atoms with Crippen molar-refractivity contribution in [2.45, 2.75) is 26.2 Å². The van der Waals surface area contributed by atoms with Crippen molar-refractivity contribution in [3.8, 4) is 17.2 Å². The van der Waals surface area contributed by atoms with E-state index in [4.69, 9.17) is 14.2 Å². The number of rotatable bonds is 9. The number of nitrogens with one attached hydrogen (secondary N) is 2. The Kier molecular flexibility index (Phi) is 8.51. The molecule has 0 fully saturated rings. The van der Waals surface area contributed by atoms with E-state index in [9.17, 15) is 4.79 Å². The molecule has 3 aromatic rings. The normalized spacial score (nSPS) is 11.2. The standard InChI is InChI=1S/C27H31N3O4/c1-27(2,3)21-11-13-23(14-12-21)33-16-17-34-24-15-10-20(18-25(24)32-4)19-28-30-26(31)29-22-8-6-5-7-9-22/h5-15,18-19H,16-17H2,1-4H3,(H2,29,30,31)/b28-19+. The van der Waals surface area contributed by atoms with Gasteiger partial charge in [-0.2, -0.15) is 5.10 Å². The molecule has 3 rings (SSSR count). The van der Waals surface area contributed by atoms with Gasteiger partial charge in [-0.15, -0.1) is 0 Å². The van der Waals surface area contributed by atoms with Crippen molar-refractivity contribution in [1.29, 1.82) is 0 Å². The van der Waals surface area contributed by atoms with Crippen LogP contribution >= 0.6 is 0 Å². The van der Waals surface area contributed by atoms with Crippen LogP contribution in [0.2, 0.25) is 0 Å². The highest BCUT2D eigenvalue weighted by atomic mass is 16.5. The van der Waals surface area contributed by atoms with Crippen molar-refractivity contribution in [3.05, 3.63) is 83.9 Å². The third kappa shape index (κ3) is 7.55. The van der Waals surface area contributed by atoms with E-state index >= 15 is 0 Å². The van der Waals surface area contributed by atoms with Crippen LogP contribution in [-0.2, 0) is 5.41 Å². The van der Waals surface area contributed by atoms with Crippen molar-refractivity contribution in [3.63, 3.8) is 0 Å². The first-order valence-electron chi connectivity index (χ1n) is 11.0. The number of urea groups is 1. The van der Waals surface area contributed by atoms with Crippen LogP contribution in [0, 0.1) is 0 Å². The Morgan fingerprint density at radius 2 is 1.62 bits per heavy atom. The monoisotopic (exact) mass is 461 g/mol. The van der Waals surface area contributed by atoms with Gasteiger partial charge in [0.25, 0.3) is 0 Å². The number of anilines is 1. The van der Waals surface area contributed by atoms with Gasteiger partial charge in [0.15, 0.2) is 11.5 Å². The molecule has 2 N–H and O–H groups in total. The number of hydrazone groups is 1. The fraction of sp³-hybridized carbons (Fsp3) is 0.259. The van der Waals surface area contributed by atoms with E-state index in [1.165, 1.54) is 11.8 Å². The molecule has 0 aromatic heterocycles. The van der Waals surface area contributed by atoms with Crippen molar-refractivity contribution in [2.75, 3.05) is 25.6 Å². The minimum atomic E-state index is -0.428. The topological polar surface area (TPSA) is 81.2 Å². The number of amides is 2. The highest BCUT2D eigenvalue weighted by molar-refractivity contribution is 5.90. The van der Waals surface area contributed by atoms with Crippen LogP contribution in [0.5, 0.6) is 17.2 Å². The molecule has 0 radical (unpaired) electrons. The molecule has 7 nitrogen and oxygen atoms in total. The second-order valence-corrected chi connectivity index (χ2v) is 8.57. The average molecular weight is 462 g/mol. The van der Waals surface area contributed by atoms with Crippen LogP contribution in [0.15, 0.2) is 77.9 Å². The molecular formula is C27H31N3O4. The number of carbonyl (C=O) groups excluding carboxylic acids is 1. The van der Waals surface area contributed by atoms with E-state index < -0.39 is 6.03 Å². The van der Waals surface area contributed by atoms with Gasteiger partial charge in [0.05, 0.1) is 13.3 Å². The molecule has 0 aliphatic heterocycles. The summed E-state index contributed by atoms with van der Waals surface area (Å²) in [5, 5.41) is 6.66. The summed E-state index contributed by atoms with van der Waals surface area (Å²) in [5.74, 6) is 1.97. The second-order valence-electron chi connectivity index (χ2n) is 8.57. The molecule has 0 aliphatic carbocycles. The molecule has 34 heavy (non-hydrogen) atoms. The Hall–Kier alpha value is -4.00. The van der Waals surface area contributed by atoms with Gasteiger partial charge in [0.1, 0.15) is 19.0 Å². The van der Waals surface area contributed by atoms with Crippen molar-refractivity contribution in [2.24, 2.45) is 5.10 Å². The summed E-state index contributed by atoms with van der Waals surface area (Å²) in [6, 6.07) is 22.2. The number of para-hydroxylation sites is 1. The SMILES string of the molecule is COc1cc(/C=N/NC(=O)Nc2ccccc2)ccc1OCCOc1ccc(C(C)(C)C)cc1. The van der Waals surface area contributed by atoms with E-state index in [2.05, 4.69) is 48.7 Å². The summed E-state index contributed by atoms with van der Waals surface area (Å²) in [6.45, 7) is 7.31. The maximum absolute atomic E-state index is 11.9. The fourth-order valence-electron chi connectivity index (χ4n) is 3.09. The van der Waals surface area contributed by atoms with E-state index in [-0.39, 0.29) is 5.41 Å². The van der Waals surface area contributed by atoms with Gasteiger partial charge in [0.2, 0.25) is 0 Å². The number of nitrogens with zero attached hydrogens (tertiary/aromatic N) is 1. The lowest BCUT2D eigenvalue weighted by atomic mass is 9.87. The van der Waals surface area contributed by atoms with E-state index in [0.29, 0.717) is 30.4 Å². The Labute approximate surface area is 200 Å². The number of benzene rings is 3. The van der Waals surface area contributed by atoms with Crippen LogP contribution < -0.4 is 25.0 Å². The van der Waals surface area contributed by atoms with Crippen LogP contribution in [-0.4, -0.2) is 32.6 Å². The third-order valence-electron chi connectivity index (χ3n) is 4.93. The molecule has 0 bridgehead atoms. The van der Waals surface area contributed by atoms with Gasteiger partial charge in [-0.25, -0.2) is 10.2 Å². The Balaban J connectivity index is 1.46. The molecule has 0 atom stereocenters. The van der Waals surface area contributed by atoms with Gasteiger partial charge < -0.3 is 19.5 Å². The molecule has 0 heterocycles. The molecule has 0 saturated heterocycles. The molecule has 0 aliphatic rings. The predicted molar refractivity (Wildman–Crippen MR) is 135 cm³/mol. The van der Waals surface area contributed by atoms with Crippen LogP contribution in [0.25, 0.3) is 0 Å². The van der Waals surface area contributed by atoms with Gasteiger partial charge in [-0.05, 0) is 59.0 Å². The number of ether oxygens (including phenoxy) is 3. The summed E-state index contributed by atoms with van der Waals surface area (Å²) in [4.78, 5) is 11.9. The van der Waals surface area contributed by atoms with Gasteiger partial charge in [-0.1, -0.05) is 51.1 Å². The number of methoxy groups -OCH3 is 1. The lowest BCUT2D eigenvalue weighted by Crippen LogP contribution is -2.24. The highest BCUT2D eigenvalue weighted by Gasteiger charge is 2.13. The molecule has 178 valence electrons. The van der Waals surface area contributed by atoms with Gasteiger partial charge in [-0.3, -0.25) is 0 Å². The third-order valence-corrected chi connectivity index (χ3v) is 4.93. The summed E-state index contributed by atoms with van der Waals surface area (Å²) >= 11 is 0. The zero-order valence-corrected chi connectivity index (χ0v) is 20.0. The molecule has 0 spiro atoms. The number of carbonyl (C=O) groups is 1. The van der Waals surface area contributed by atoms with Crippen LogP contribution in [0.3, 0.4) is 0 Å². The van der Waals surface area contributed by atoms with Gasteiger partial charge in [0, 0.05) is 5.69 Å². The molecule has 2 amide bonds. The second kappa shape index (κ2) is 11.7. The maximum atomic E-state index is 11.9. The van der Waals surface area contributed by atoms with Crippen molar-refractivity contribution >= 4 is 17.9 Å². The summed E-state index contributed by atoms with van der Waals surface area (Å²) in [7, 11) is 1.57. The smallest absolute Gasteiger partial charge is 0.339 e. The predicted octanol–water partition coefficient (Wildman–Crippen LogP) is 5.61.